The molecule has 0 aliphatic carbocycles. The second-order valence-electron chi connectivity index (χ2n) is 3.55. The first-order valence-electron chi connectivity index (χ1n) is 5.33. The van der Waals surface area contributed by atoms with E-state index in [4.69, 9.17) is 0 Å². The van der Waals surface area contributed by atoms with E-state index in [1.54, 1.807) is 0 Å². The van der Waals surface area contributed by atoms with Crippen LogP contribution in [0.3, 0.4) is 0 Å². The molecule has 0 bridgehead atoms. The number of halogens is 1. The summed E-state index contributed by atoms with van der Waals surface area (Å²) in [6.45, 7) is 1.50. The van der Waals surface area contributed by atoms with E-state index in [1.807, 2.05) is 25.2 Å². The zero-order valence-corrected chi connectivity index (χ0v) is 11.0. The number of para-hydroxylation sites is 1. The maximum Gasteiger partial charge on any atom is 0.220 e. The van der Waals surface area contributed by atoms with Crippen molar-refractivity contribution in [3.05, 3.63) is 30.3 Å². The van der Waals surface area contributed by atoms with E-state index < -0.39 is 0 Å². The zero-order valence-electron chi connectivity index (χ0n) is 9.45. The monoisotopic (exact) mass is 284 g/mol. The summed E-state index contributed by atoms with van der Waals surface area (Å²) in [5.74, 6) is 0.0957. The van der Waals surface area contributed by atoms with Crippen LogP contribution in [0.2, 0.25) is 0 Å². The first-order valence-corrected chi connectivity index (χ1v) is 6.45. The fourth-order valence-electron chi connectivity index (χ4n) is 1.35. The normalized spacial score (nSPS) is 9.88. The molecular formula is C12H17BrN2O. The molecule has 0 aliphatic heterocycles. The molecule has 0 saturated carbocycles. The van der Waals surface area contributed by atoms with Gasteiger partial charge >= 0.3 is 0 Å². The van der Waals surface area contributed by atoms with E-state index in [9.17, 15) is 4.79 Å². The van der Waals surface area contributed by atoms with Gasteiger partial charge in [-0.3, -0.25) is 4.79 Å². The van der Waals surface area contributed by atoms with E-state index in [1.165, 1.54) is 0 Å². The highest BCUT2D eigenvalue weighted by atomic mass is 79.9. The van der Waals surface area contributed by atoms with Crippen LogP contribution in [-0.2, 0) is 4.79 Å². The number of hydrogen-bond acceptors (Lipinski definition) is 2. The Morgan fingerprint density at radius 2 is 2.06 bits per heavy atom. The molecule has 0 heterocycles. The predicted octanol–water partition coefficient (Wildman–Crippen LogP) is 2.02. The number of carbonyl (C=O) groups is 1. The molecule has 0 aliphatic rings. The summed E-state index contributed by atoms with van der Waals surface area (Å²) >= 11 is 3.24. The number of benzene rings is 1. The first kappa shape index (κ1) is 13.0. The zero-order chi connectivity index (χ0) is 11.8. The lowest BCUT2D eigenvalue weighted by Crippen LogP contribution is -2.32. The van der Waals surface area contributed by atoms with Crippen molar-refractivity contribution >= 4 is 27.5 Å². The second kappa shape index (κ2) is 7.28. The van der Waals surface area contributed by atoms with Crippen molar-refractivity contribution in [1.29, 1.82) is 0 Å². The summed E-state index contributed by atoms with van der Waals surface area (Å²) in [5, 5.41) is 3.59. The van der Waals surface area contributed by atoms with Gasteiger partial charge in [-0.05, 0) is 12.1 Å². The summed E-state index contributed by atoms with van der Waals surface area (Å²) in [6, 6.07) is 10.1. The standard InChI is InChI=1S/C12H17BrN2O/c1-15(11-5-3-2-4-6-11)10-9-14-12(16)7-8-13/h2-6H,7-10H2,1H3,(H,14,16). The highest BCUT2D eigenvalue weighted by molar-refractivity contribution is 9.09. The summed E-state index contributed by atoms with van der Waals surface area (Å²) in [6.07, 6.45) is 0.537. The fraction of sp³-hybridized carbons (Fsp3) is 0.417. The molecule has 0 radical (unpaired) electrons. The van der Waals surface area contributed by atoms with Crippen LogP contribution in [0.4, 0.5) is 5.69 Å². The number of nitrogens with one attached hydrogen (secondary N) is 1. The van der Waals surface area contributed by atoms with Gasteiger partial charge in [0, 0.05) is 37.6 Å². The van der Waals surface area contributed by atoms with Crippen molar-refractivity contribution < 1.29 is 4.79 Å². The quantitative estimate of drug-likeness (QED) is 0.811. The third-order valence-corrected chi connectivity index (χ3v) is 2.68. The molecule has 1 N–H and O–H groups in total. The summed E-state index contributed by atoms with van der Waals surface area (Å²) in [4.78, 5) is 13.3. The lowest BCUT2D eigenvalue weighted by molar-refractivity contribution is -0.120. The number of likely N-dealkylation sites (N-methyl/N-ethyl adjacent to an activating group) is 1. The summed E-state index contributed by atoms with van der Waals surface area (Å²) in [5.41, 5.74) is 1.16. The Balaban J connectivity index is 2.26. The van der Waals surface area contributed by atoms with Crippen LogP contribution in [0.1, 0.15) is 6.42 Å². The molecule has 1 rings (SSSR count). The molecule has 0 fully saturated rings. The Kier molecular flexibility index (Phi) is 5.93. The maximum absolute atomic E-state index is 11.2. The van der Waals surface area contributed by atoms with Crippen LogP contribution in [-0.4, -0.2) is 31.4 Å². The minimum Gasteiger partial charge on any atom is -0.373 e. The molecule has 0 aromatic heterocycles. The minimum absolute atomic E-state index is 0.0957. The van der Waals surface area contributed by atoms with Gasteiger partial charge in [-0.25, -0.2) is 0 Å². The smallest absolute Gasteiger partial charge is 0.220 e. The largest absolute Gasteiger partial charge is 0.373 e. The molecule has 16 heavy (non-hydrogen) atoms. The number of amides is 1. The van der Waals surface area contributed by atoms with Crippen molar-refractivity contribution in [1.82, 2.24) is 5.32 Å². The van der Waals surface area contributed by atoms with Crippen LogP contribution in [0, 0.1) is 0 Å². The number of nitrogens with zero attached hydrogens (tertiary/aromatic N) is 1. The van der Waals surface area contributed by atoms with Gasteiger partial charge in [0.25, 0.3) is 0 Å². The molecule has 0 saturated heterocycles. The van der Waals surface area contributed by atoms with Crippen LogP contribution in [0.15, 0.2) is 30.3 Å². The Labute approximate surface area is 105 Å². The van der Waals surface area contributed by atoms with Crippen LogP contribution in [0.5, 0.6) is 0 Å². The van der Waals surface area contributed by atoms with E-state index in [-0.39, 0.29) is 5.91 Å². The van der Waals surface area contributed by atoms with Crippen molar-refractivity contribution in [3.63, 3.8) is 0 Å². The third-order valence-electron chi connectivity index (χ3n) is 2.29. The Morgan fingerprint density at radius 1 is 1.38 bits per heavy atom. The molecule has 0 unspecified atom stereocenters. The summed E-state index contributed by atoms with van der Waals surface area (Å²) in [7, 11) is 2.02. The van der Waals surface area contributed by atoms with Crippen LogP contribution in [0.25, 0.3) is 0 Å². The number of alkyl halides is 1. The van der Waals surface area contributed by atoms with Crippen molar-refractivity contribution in [2.75, 3.05) is 30.4 Å². The van der Waals surface area contributed by atoms with Gasteiger partial charge in [0.1, 0.15) is 0 Å². The van der Waals surface area contributed by atoms with Gasteiger partial charge in [-0.1, -0.05) is 34.1 Å². The molecule has 1 amide bonds. The van der Waals surface area contributed by atoms with E-state index in [0.717, 1.165) is 12.2 Å². The molecule has 3 nitrogen and oxygen atoms in total. The summed E-state index contributed by atoms with van der Waals surface area (Å²) < 4.78 is 0. The SMILES string of the molecule is CN(CCNC(=O)CCBr)c1ccccc1. The molecule has 4 heteroatoms. The lowest BCUT2D eigenvalue weighted by Gasteiger charge is -2.19. The van der Waals surface area contributed by atoms with E-state index in [2.05, 4.69) is 38.3 Å². The first-order chi connectivity index (χ1) is 7.74. The molecule has 0 spiro atoms. The maximum atomic E-state index is 11.2. The van der Waals surface area contributed by atoms with Gasteiger partial charge < -0.3 is 10.2 Å². The highest BCUT2D eigenvalue weighted by Crippen LogP contribution is 2.09. The molecule has 88 valence electrons. The Bertz CT molecular complexity index is 316. The number of anilines is 1. The topological polar surface area (TPSA) is 32.3 Å². The van der Waals surface area contributed by atoms with Gasteiger partial charge in [-0.2, -0.15) is 0 Å². The van der Waals surface area contributed by atoms with Gasteiger partial charge in [0.15, 0.2) is 0 Å². The highest BCUT2D eigenvalue weighted by Gasteiger charge is 2.01. The van der Waals surface area contributed by atoms with Gasteiger partial charge in [0.05, 0.1) is 0 Å². The van der Waals surface area contributed by atoms with Gasteiger partial charge in [0.2, 0.25) is 5.91 Å². The Morgan fingerprint density at radius 3 is 2.69 bits per heavy atom. The van der Waals surface area contributed by atoms with Crippen molar-refractivity contribution in [2.24, 2.45) is 0 Å². The van der Waals surface area contributed by atoms with Crippen molar-refractivity contribution in [2.45, 2.75) is 6.42 Å². The second-order valence-corrected chi connectivity index (χ2v) is 4.34. The van der Waals surface area contributed by atoms with Crippen molar-refractivity contribution in [3.8, 4) is 0 Å². The predicted molar refractivity (Wildman–Crippen MR) is 71.1 cm³/mol. The minimum atomic E-state index is 0.0957. The number of hydrogen-bond donors (Lipinski definition) is 1. The van der Waals surface area contributed by atoms with Gasteiger partial charge in [-0.15, -0.1) is 0 Å². The average molecular weight is 285 g/mol. The van der Waals surface area contributed by atoms with Crippen LogP contribution >= 0.6 is 15.9 Å². The molecule has 1 aromatic rings. The van der Waals surface area contributed by atoms with E-state index >= 15 is 0 Å². The third kappa shape index (κ3) is 4.66. The van der Waals surface area contributed by atoms with E-state index in [0.29, 0.717) is 18.3 Å². The number of rotatable bonds is 6. The Hall–Kier alpha value is -1.03. The van der Waals surface area contributed by atoms with Crippen LogP contribution < -0.4 is 10.2 Å². The lowest BCUT2D eigenvalue weighted by atomic mass is 10.3. The fourth-order valence-corrected chi connectivity index (χ4v) is 1.71. The number of carbonyl (C=O) groups excluding carboxylic acids is 1. The average Bonchev–Trinajstić information content (AvgIpc) is 2.30. The molecule has 1 aromatic carbocycles. The molecular weight excluding hydrogens is 268 g/mol. The molecule has 0 atom stereocenters.